The average Bonchev–Trinajstić information content (AvgIpc) is 3.27. The van der Waals surface area contributed by atoms with Crippen LogP contribution in [-0.2, 0) is 19.9 Å². The summed E-state index contributed by atoms with van der Waals surface area (Å²) in [5, 5.41) is 18.3. The van der Waals surface area contributed by atoms with Gasteiger partial charge in [-0.15, -0.1) is 0 Å². The number of nitrogens with zero attached hydrogens (tertiary/aromatic N) is 1. The van der Waals surface area contributed by atoms with E-state index in [4.69, 9.17) is 16.3 Å². The van der Waals surface area contributed by atoms with Gasteiger partial charge < -0.3 is 24.8 Å². The third-order valence-corrected chi connectivity index (χ3v) is 6.53. The molecule has 0 aliphatic carbocycles. The van der Waals surface area contributed by atoms with Crippen LogP contribution in [0, 0.1) is 0 Å². The van der Waals surface area contributed by atoms with Crippen LogP contribution in [0.15, 0.2) is 42.5 Å². The molecule has 12 heteroatoms. The number of aliphatic hydroxyl groups excluding tert-OH is 1. The van der Waals surface area contributed by atoms with Crippen LogP contribution >= 0.6 is 11.6 Å². The van der Waals surface area contributed by atoms with E-state index in [0.717, 1.165) is 0 Å². The normalized spacial score (nSPS) is 19.8. The molecule has 2 aliphatic heterocycles. The maximum absolute atomic E-state index is 13.5. The van der Waals surface area contributed by atoms with Crippen molar-refractivity contribution in [2.45, 2.75) is 37.5 Å². The summed E-state index contributed by atoms with van der Waals surface area (Å²) in [6.45, 7) is 1.88. The lowest BCUT2D eigenvalue weighted by atomic mass is 9.90. The van der Waals surface area contributed by atoms with Crippen molar-refractivity contribution in [3.63, 3.8) is 0 Å². The predicted molar refractivity (Wildman–Crippen MR) is 134 cm³/mol. The number of likely N-dealkylation sites (tertiary alicyclic amines) is 1. The highest BCUT2D eigenvalue weighted by Crippen LogP contribution is 2.43. The second-order valence-electron chi connectivity index (χ2n) is 9.01. The second-order valence-corrected chi connectivity index (χ2v) is 9.45. The lowest BCUT2D eigenvalue weighted by Gasteiger charge is -2.35. The Kier molecular flexibility index (Phi) is 7.55. The van der Waals surface area contributed by atoms with Gasteiger partial charge in [0.2, 0.25) is 5.91 Å². The fraction of sp³-hybridized carbons (Fsp3) is 0.360. The van der Waals surface area contributed by atoms with E-state index < -0.39 is 41.7 Å². The molecular weight excluding hydrogens is 504 g/mol. The number of fused-ring (bicyclic) bond motifs is 2. The highest BCUT2D eigenvalue weighted by atomic mass is 35.5. The van der Waals surface area contributed by atoms with Crippen LogP contribution in [0.1, 0.15) is 35.7 Å². The van der Waals surface area contributed by atoms with Crippen LogP contribution in [0.5, 0.6) is 0 Å². The Bertz CT molecular complexity index is 1220. The van der Waals surface area contributed by atoms with E-state index in [2.05, 4.69) is 20.7 Å². The Hall–Kier alpha value is -3.83. The molecule has 1 fully saturated rings. The molecule has 2 aliphatic rings. The first-order valence-corrected chi connectivity index (χ1v) is 12.0. The van der Waals surface area contributed by atoms with Crippen LogP contribution in [0.2, 0.25) is 5.02 Å². The summed E-state index contributed by atoms with van der Waals surface area (Å²) in [6, 6.07) is 10.1. The second kappa shape index (κ2) is 10.7. The zero-order valence-corrected chi connectivity index (χ0v) is 21.0. The summed E-state index contributed by atoms with van der Waals surface area (Å²) < 4.78 is 10.2. The van der Waals surface area contributed by atoms with Gasteiger partial charge in [-0.3, -0.25) is 20.2 Å². The summed E-state index contributed by atoms with van der Waals surface area (Å²) in [5.41, 5.74) is 0.854. The standard InChI is InChI=1S/C25H27ClN4O7/c1-14(31)11-20(28-21(32)15-3-6-17(7-4-15)27-23(34)36-2)22(33)30-10-9-25(13-30)18-12-16(26)5-8-19(18)29-24(35)37-25/h3-8,12,14,20,31H,9-11,13H2,1-2H3,(H,27,34)(H,28,32)(H,29,35)/t14?,20-,25?/m0/s1. The molecule has 2 heterocycles. The van der Waals surface area contributed by atoms with Crippen LogP contribution in [0.25, 0.3) is 0 Å². The van der Waals surface area contributed by atoms with Gasteiger partial charge >= 0.3 is 12.2 Å². The topological polar surface area (TPSA) is 146 Å². The maximum atomic E-state index is 13.5. The Morgan fingerprint density at radius 2 is 1.97 bits per heavy atom. The number of carbonyl (C=O) groups excluding carboxylic acids is 4. The van der Waals surface area contributed by atoms with E-state index in [1.54, 1.807) is 18.2 Å². The number of hydrogen-bond acceptors (Lipinski definition) is 7. The van der Waals surface area contributed by atoms with Crippen molar-refractivity contribution in [1.29, 1.82) is 0 Å². The summed E-state index contributed by atoms with van der Waals surface area (Å²) in [7, 11) is 1.24. The van der Waals surface area contributed by atoms with E-state index in [0.29, 0.717) is 28.4 Å². The summed E-state index contributed by atoms with van der Waals surface area (Å²) in [6.07, 6.45) is -1.80. The molecule has 0 radical (unpaired) electrons. The quantitative estimate of drug-likeness (QED) is 0.449. The number of carbonyl (C=O) groups is 4. The first-order valence-electron chi connectivity index (χ1n) is 11.6. The monoisotopic (exact) mass is 530 g/mol. The van der Waals surface area contributed by atoms with E-state index >= 15 is 0 Å². The molecule has 1 spiro atoms. The molecule has 11 nitrogen and oxygen atoms in total. The molecular formula is C25H27ClN4O7. The molecule has 0 bridgehead atoms. The highest BCUT2D eigenvalue weighted by molar-refractivity contribution is 6.30. The molecule has 1 saturated heterocycles. The average molecular weight is 531 g/mol. The van der Waals surface area contributed by atoms with Crippen molar-refractivity contribution in [2.24, 2.45) is 0 Å². The number of hydrogen-bond donors (Lipinski definition) is 4. The van der Waals surface area contributed by atoms with Crippen molar-refractivity contribution in [2.75, 3.05) is 30.8 Å². The molecule has 3 atom stereocenters. The molecule has 4 rings (SSSR count). The van der Waals surface area contributed by atoms with Gasteiger partial charge in [-0.05, 0) is 49.4 Å². The van der Waals surface area contributed by atoms with Crippen molar-refractivity contribution in [3.8, 4) is 0 Å². The van der Waals surface area contributed by atoms with Crippen LogP contribution < -0.4 is 16.0 Å². The molecule has 196 valence electrons. The van der Waals surface area contributed by atoms with Crippen LogP contribution in [0.3, 0.4) is 0 Å². The fourth-order valence-electron chi connectivity index (χ4n) is 4.54. The van der Waals surface area contributed by atoms with Gasteiger partial charge in [0.15, 0.2) is 5.60 Å². The van der Waals surface area contributed by atoms with Gasteiger partial charge in [-0.2, -0.15) is 0 Å². The fourth-order valence-corrected chi connectivity index (χ4v) is 4.71. The van der Waals surface area contributed by atoms with E-state index in [1.807, 2.05) is 0 Å². The molecule has 4 amide bonds. The predicted octanol–water partition coefficient (Wildman–Crippen LogP) is 3.08. The largest absolute Gasteiger partial charge is 0.453 e. The minimum Gasteiger partial charge on any atom is -0.453 e. The molecule has 2 aromatic carbocycles. The van der Waals surface area contributed by atoms with Crippen molar-refractivity contribution in [1.82, 2.24) is 10.2 Å². The number of benzene rings is 2. The number of amides is 4. The van der Waals surface area contributed by atoms with Gasteiger partial charge in [0.25, 0.3) is 5.91 Å². The lowest BCUT2D eigenvalue weighted by Crippen LogP contribution is -2.50. The minimum absolute atomic E-state index is 0.0141. The first-order chi connectivity index (χ1) is 17.6. The number of rotatable bonds is 6. The molecule has 37 heavy (non-hydrogen) atoms. The van der Waals surface area contributed by atoms with Gasteiger partial charge in [0.05, 0.1) is 25.4 Å². The first kappa shape index (κ1) is 26.2. The van der Waals surface area contributed by atoms with E-state index in [9.17, 15) is 24.3 Å². The third-order valence-electron chi connectivity index (χ3n) is 6.30. The van der Waals surface area contributed by atoms with Gasteiger partial charge in [-0.25, -0.2) is 9.59 Å². The number of methoxy groups -OCH3 is 1. The maximum Gasteiger partial charge on any atom is 0.412 e. The summed E-state index contributed by atoms with van der Waals surface area (Å²) in [4.78, 5) is 51.5. The number of anilines is 2. The molecule has 0 saturated carbocycles. The van der Waals surface area contributed by atoms with E-state index in [-0.39, 0.29) is 25.1 Å². The van der Waals surface area contributed by atoms with Crippen LogP contribution in [-0.4, -0.2) is 66.4 Å². The zero-order valence-electron chi connectivity index (χ0n) is 20.2. The Morgan fingerprint density at radius 3 is 2.65 bits per heavy atom. The highest BCUT2D eigenvalue weighted by Gasteiger charge is 2.49. The number of aliphatic hydroxyl groups is 1. The minimum atomic E-state index is -1.07. The molecule has 2 aromatic rings. The van der Waals surface area contributed by atoms with Gasteiger partial charge in [0, 0.05) is 41.2 Å². The Balaban J connectivity index is 1.49. The number of nitrogens with one attached hydrogen (secondary N) is 3. The molecule has 0 aromatic heterocycles. The van der Waals surface area contributed by atoms with Crippen molar-refractivity contribution in [3.05, 3.63) is 58.6 Å². The van der Waals surface area contributed by atoms with Crippen LogP contribution in [0.4, 0.5) is 21.0 Å². The molecule has 4 N–H and O–H groups in total. The SMILES string of the molecule is COC(=O)Nc1ccc(C(=O)N[C@@H](CC(C)O)C(=O)N2CCC3(C2)OC(=O)Nc2ccc(Cl)cc23)cc1. The molecule has 2 unspecified atom stereocenters. The summed E-state index contributed by atoms with van der Waals surface area (Å²) in [5.74, 6) is -0.934. The number of halogens is 1. The van der Waals surface area contributed by atoms with E-state index in [1.165, 1.54) is 43.2 Å². The zero-order chi connectivity index (χ0) is 26.7. The Labute approximate surface area is 218 Å². The van der Waals surface area contributed by atoms with Crippen molar-refractivity contribution >= 4 is 47.0 Å². The number of ether oxygens (including phenoxy) is 2. The van der Waals surface area contributed by atoms with Gasteiger partial charge in [-0.1, -0.05) is 11.6 Å². The van der Waals surface area contributed by atoms with Gasteiger partial charge in [0.1, 0.15) is 6.04 Å². The Morgan fingerprint density at radius 1 is 1.24 bits per heavy atom. The summed E-state index contributed by atoms with van der Waals surface area (Å²) >= 11 is 6.19. The smallest absolute Gasteiger partial charge is 0.412 e. The third kappa shape index (κ3) is 5.78. The van der Waals surface area contributed by atoms with Crippen molar-refractivity contribution < 1.29 is 33.8 Å². The lowest BCUT2D eigenvalue weighted by molar-refractivity contribution is -0.134.